The van der Waals surface area contributed by atoms with Crippen LogP contribution in [-0.2, 0) is 18.8 Å². The zero-order chi connectivity index (χ0) is 9.73. The maximum absolute atomic E-state index is 11.1. The number of hydrogen-bond donors (Lipinski definition) is 0. The quantitative estimate of drug-likeness (QED) is 0.704. The fourth-order valence-electron chi connectivity index (χ4n) is 1.50. The summed E-state index contributed by atoms with van der Waals surface area (Å²) in [7, 11) is -3.73. The summed E-state index contributed by atoms with van der Waals surface area (Å²) in [5, 5.41) is 0. The molecule has 0 amide bonds. The van der Waals surface area contributed by atoms with Gasteiger partial charge in [0.25, 0.3) is 0 Å². The highest BCUT2D eigenvalue weighted by molar-refractivity contribution is 7.81. The molecule has 0 aromatic rings. The van der Waals surface area contributed by atoms with Crippen LogP contribution in [0.3, 0.4) is 0 Å². The van der Waals surface area contributed by atoms with E-state index in [0.29, 0.717) is 0 Å². The average molecular weight is 208 g/mol. The molecule has 0 N–H and O–H groups in total. The fraction of sp³-hybridized carbons (Fsp3) is 1.00. The van der Waals surface area contributed by atoms with Crippen LogP contribution in [0.25, 0.3) is 0 Å². The van der Waals surface area contributed by atoms with Crippen molar-refractivity contribution in [2.75, 3.05) is 6.61 Å². The molecule has 13 heavy (non-hydrogen) atoms. The zero-order valence-electron chi connectivity index (χ0n) is 7.86. The van der Waals surface area contributed by atoms with Crippen LogP contribution in [0.1, 0.15) is 39.0 Å². The smallest absolute Gasteiger partial charge is 0.248 e. The van der Waals surface area contributed by atoms with Gasteiger partial charge in [0.15, 0.2) is 0 Å². The molecule has 0 unspecified atom stereocenters. The summed E-state index contributed by atoms with van der Waals surface area (Å²) in [4.78, 5) is 0. The summed E-state index contributed by atoms with van der Waals surface area (Å²) in [6.07, 6.45) is 4.76. The Labute approximate surface area is 79.6 Å². The molecule has 1 aliphatic rings. The van der Waals surface area contributed by atoms with Gasteiger partial charge in [-0.05, 0) is 19.8 Å². The van der Waals surface area contributed by atoms with Crippen molar-refractivity contribution < 1.29 is 16.8 Å². The van der Waals surface area contributed by atoms with Crippen LogP contribution in [0, 0.1) is 0 Å². The highest BCUT2D eigenvalue weighted by atomic mass is 32.3. The fourth-order valence-corrected chi connectivity index (χ4v) is 2.37. The first kappa shape index (κ1) is 10.9. The summed E-state index contributed by atoms with van der Waals surface area (Å²) in [6, 6.07) is 0. The van der Waals surface area contributed by atoms with E-state index in [4.69, 9.17) is 4.18 Å². The molecule has 0 saturated heterocycles. The molecule has 78 valence electrons. The standard InChI is InChI=1S/C8H16O4S/c1-2-11-13(9,10)12-8-6-4-3-5-7-8/h8H,2-7H2,1H3. The largest absolute Gasteiger partial charge is 0.400 e. The predicted octanol–water partition coefficient (Wildman–Crippen LogP) is 1.62. The SMILES string of the molecule is CCOS(=O)(=O)OC1CCCCC1. The van der Waals surface area contributed by atoms with Gasteiger partial charge < -0.3 is 0 Å². The normalized spacial score (nSPS) is 20.4. The van der Waals surface area contributed by atoms with Gasteiger partial charge >= 0.3 is 10.4 Å². The molecule has 0 aliphatic heterocycles. The van der Waals surface area contributed by atoms with Gasteiger partial charge in [0.05, 0.1) is 12.7 Å². The van der Waals surface area contributed by atoms with E-state index >= 15 is 0 Å². The molecular formula is C8H16O4S. The summed E-state index contributed by atoms with van der Waals surface area (Å²) in [5.41, 5.74) is 0. The zero-order valence-corrected chi connectivity index (χ0v) is 8.68. The van der Waals surface area contributed by atoms with E-state index < -0.39 is 10.4 Å². The maximum atomic E-state index is 11.1. The van der Waals surface area contributed by atoms with Crippen LogP contribution in [0.5, 0.6) is 0 Å². The molecule has 1 saturated carbocycles. The second-order valence-corrected chi connectivity index (χ2v) is 4.42. The highest BCUT2D eigenvalue weighted by Gasteiger charge is 2.21. The molecule has 0 aromatic carbocycles. The minimum atomic E-state index is -3.73. The molecule has 1 aliphatic carbocycles. The number of rotatable bonds is 4. The monoisotopic (exact) mass is 208 g/mol. The van der Waals surface area contributed by atoms with E-state index in [-0.39, 0.29) is 12.7 Å². The van der Waals surface area contributed by atoms with Gasteiger partial charge in [-0.1, -0.05) is 19.3 Å². The summed E-state index contributed by atoms with van der Waals surface area (Å²) >= 11 is 0. The van der Waals surface area contributed by atoms with Gasteiger partial charge in [0, 0.05) is 0 Å². The van der Waals surface area contributed by atoms with Crippen LogP contribution in [0.15, 0.2) is 0 Å². The molecule has 5 heteroatoms. The van der Waals surface area contributed by atoms with Crippen molar-refractivity contribution in [3.05, 3.63) is 0 Å². The summed E-state index contributed by atoms with van der Waals surface area (Å²) in [6.45, 7) is 1.76. The van der Waals surface area contributed by atoms with Gasteiger partial charge in [0.2, 0.25) is 0 Å². The minimum absolute atomic E-state index is 0.134. The van der Waals surface area contributed by atoms with Crippen molar-refractivity contribution in [2.24, 2.45) is 0 Å². The molecule has 4 nitrogen and oxygen atoms in total. The first-order valence-electron chi connectivity index (χ1n) is 4.71. The lowest BCUT2D eigenvalue weighted by Crippen LogP contribution is -2.22. The Morgan fingerprint density at radius 1 is 1.23 bits per heavy atom. The van der Waals surface area contributed by atoms with Crippen LogP contribution in [0.4, 0.5) is 0 Å². The topological polar surface area (TPSA) is 52.6 Å². The lowest BCUT2D eigenvalue weighted by molar-refractivity contribution is 0.127. The van der Waals surface area contributed by atoms with Gasteiger partial charge in [-0.25, -0.2) is 8.37 Å². The Hall–Kier alpha value is -0.130. The third kappa shape index (κ3) is 4.06. The van der Waals surface area contributed by atoms with Crippen molar-refractivity contribution >= 4 is 10.4 Å². The third-order valence-corrected chi connectivity index (χ3v) is 3.10. The van der Waals surface area contributed by atoms with E-state index in [2.05, 4.69) is 4.18 Å². The first-order valence-corrected chi connectivity index (χ1v) is 6.05. The molecule has 0 bridgehead atoms. The van der Waals surface area contributed by atoms with Gasteiger partial charge in [-0.2, -0.15) is 8.42 Å². The first-order chi connectivity index (χ1) is 6.14. The van der Waals surface area contributed by atoms with Crippen molar-refractivity contribution in [1.29, 1.82) is 0 Å². The molecular weight excluding hydrogens is 192 g/mol. The Morgan fingerprint density at radius 3 is 2.38 bits per heavy atom. The van der Waals surface area contributed by atoms with Gasteiger partial charge in [0.1, 0.15) is 0 Å². The molecule has 0 atom stereocenters. The Morgan fingerprint density at radius 2 is 1.85 bits per heavy atom. The maximum Gasteiger partial charge on any atom is 0.400 e. The van der Waals surface area contributed by atoms with Crippen molar-refractivity contribution in [1.82, 2.24) is 0 Å². The molecule has 1 fully saturated rings. The van der Waals surface area contributed by atoms with Crippen LogP contribution < -0.4 is 0 Å². The third-order valence-electron chi connectivity index (χ3n) is 2.07. The molecule has 1 rings (SSSR count). The second kappa shape index (κ2) is 4.93. The van der Waals surface area contributed by atoms with Crippen molar-refractivity contribution in [2.45, 2.75) is 45.1 Å². The van der Waals surface area contributed by atoms with E-state index in [9.17, 15) is 8.42 Å². The summed E-state index contributed by atoms with van der Waals surface area (Å²) in [5.74, 6) is 0. The van der Waals surface area contributed by atoms with Crippen LogP contribution in [-0.4, -0.2) is 21.1 Å². The number of hydrogen-bond acceptors (Lipinski definition) is 4. The van der Waals surface area contributed by atoms with E-state index in [1.54, 1.807) is 6.92 Å². The lowest BCUT2D eigenvalue weighted by atomic mass is 9.98. The minimum Gasteiger partial charge on any atom is -0.248 e. The van der Waals surface area contributed by atoms with Gasteiger partial charge in [-0.15, -0.1) is 0 Å². The average Bonchev–Trinajstić information content (AvgIpc) is 2.04. The second-order valence-electron chi connectivity index (χ2n) is 3.17. The van der Waals surface area contributed by atoms with Crippen molar-refractivity contribution in [3.8, 4) is 0 Å². The Bertz CT molecular complexity index is 229. The molecule has 0 heterocycles. The van der Waals surface area contributed by atoms with E-state index in [0.717, 1.165) is 25.7 Å². The molecule has 0 aromatic heterocycles. The van der Waals surface area contributed by atoms with Crippen molar-refractivity contribution in [3.63, 3.8) is 0 Å². The van der Waals surface area contributed by atoms with E-state index in [1.807, 2.05) is 0 Å². The molecule has 0 radical (unpaired) electrons. The van der Waals surface area contributed by atoms with Crippen LogP contribution in [0.2, 0.25) is 0 Å². The highest BCUT2D eigenvalue weighted by Crippen LogP contribution is 2.22. The van der Waals surface area contributed by atoms with E-state index in [1.165, 1.54) is 6.42 Å². The summed E-state index contributed by atoms with van der Waals surface area (Å²) < 4.78 is 31.5. The lowest BCUT2D eigenvalue weighted by Gasteiger charge is -2.20. The predicted molar refractivity (Wildman–Crippen MR) is 48.5 cm³/mol. The Balaban J connectivity index is 2.37. The molecule has 0 spiro atoms. The van der Waals surface area contributed by atoms with Gasteiger partial charge in [-0.3, -0.25) is 0 Å². The van der Waals surface area contributed by atoms with Crippen LogP contribution >= 0.6 is 0 Å². The Kier molecular flexibility index (Phi) is 4.15.